The van der Waals surface area contributed by atoms with Crippen LogP contribution in [0.1, 0.15) is 5.56 Å². The second kappa shape index (κ2) is 7.40. The Morgan fingerprint density at radius 3 is 2.73 bits per heavy atom. The highest BCUT2D eigenvalue weighted by Crippen LogP contribution is 2.15. The minimum atomic E-state index is -0.943. The number of benzene rings is 2. The third kappa shape index (κ3) is 4.73. The van der Waals surface area contributed by atoms with E-state index >= 15 is 0 Å². The second-order valence-electron chi connectivity index (χ2n) is 4.69. The topological polar surface area (TPSA) is 59.6 Å². The van der Waals surface area contributed by atoms with Gasteiger partial charge in [-0.1, -0.05) is 12.1 Å². The van der Waals surface area contributed by atoms with Crippen molar-refractivity contribution < 1.29 is 13.5 Å². The van der Waals surface area contributed by atoms with Crippen molar-refractivity contribution in [2.24, 2.45) is 10.7 Å². The molecular weight excluding hydrogens is 288 g/mol. The fraction of sp³-hybridized carbons (Fsp3) is 0.188. The highest BCUT2D eigenvalue weighted by atomic mass is 19.2. The van der Waals surface area contributed by atoms with Gasteiger partial charge in [0.2, 0.25) is 0 Å². The minimum absolute atomic E-state index is 0.210. The minimum Gasteiger partial charge on any atom is -0.492 e. The number of nitrogens with zero attached hydrogens (tertiary/aromatic N) is 1. The Labute approximate surface area is 127 Å². The van der Waals surface area contributed by atoms with E-state index < -0.39 is 11.6 Å². The number of guanidine groups is 1. The molecule has 0 spiro atoms. The third-order valence-corrected chi connectivity index (χ3v) is 2.82. The Kier molecular flexibility index (Phi) is 5.30. The predicted octanol–water partition coefficient (Wildman–Crippen LogP) is 3.08. The number of hydrogen-bond donors (Lipinski definition) is 2. The Bertz CT molecular complexity index is 674. The number of anilines is 1. The summed E-state index contributed by atoms with van der Waals surface area (Å²) in [6.45, 7) is 2.49. The Balaban J connectivity index is 1.80. The van der Waals surface area contributed by atoms with E-state index in [0.717, 1.165) is 23.4 Å². The van der Waals surface area contributed by atoms with Crippen LogP contribution in [0.15, 0.2) is 47.5 Å². The first-order chi connectivity index (χ1) is 10.5. The smallest absolute Gasteiger partial charge is 0.193 e. The molecule has 0 aliphatic heterocycles. The van der Waals surface area contributed by atoms with Crippen LogP contribution in [0.2, 0.25) is 0 Å². The number of aliphatic imine (C=N–C) groups is 1. The normalized spacial score (nSPS) is 11.3. The number of aryl methyl sites for hydroxylation is 1. The molecule has 4 nitrogen and oxygen atoms in total. The Morgan fingerprint density at radius 1 is 1.18 bits per heavy atom. The third-order valence-electron chi connectivity index (χ3n) is 2.82. The number of hydrogen-bond acceptors (Lipinski definition) is 2. The highest BCUT2D eigenvalue weighted by Gasteiger charge is 2.02. The number of halogens is 2. The van der Waals surface area contributed by atoms with E-state index in [2.05, 4.69) is 10.3 Å². The molecule has 0 atom stereocenters. The van der Waals surface area contributed by atoms with Crippen LogP contribution in [0, 0.1) is 18.6 Å². The molecule has 0 heterocycles. The molecule has 2 rings (SSSR count). The SMILES string of the molecule is Cc1cccc(NC(N)=NCCOc2ccc(F)c(F)c2)c1. The van der Waals surface area contributed by atoms with E-state index in [1.165, 1.54) is 6.07 Å². The average Bonchev–Trinajstić information content (AvgIpc) is 2.47. The molecule has 0 saturated heterocycles. The summed E-state index contributed by atoms with van der Waals surface area (Å²) in [7, 11) is 0. The van der Waals surface area contributed by atoms with E-state index in [1.807, 2.05) is 31.2 Å². The zero-order valence-electron chi connectivity index (χ0n) is 12.1. The number of rotatable bonds is 5. The van der Waals surface area contributed by atoms with Crippen LogP contribution in [0.4, 0.5) is 14.5 Å². The Morgan fingerprint density at radius 2 is 2.00 bits per heavy atom. The maximum Gasteiger partial charge on any atom is 0.193 e. The van der Waals surface area contributed by atoms with Gasteiger partial charge in [-0.25, -0.2) is 13.8 Å². The monoisotopic (exact) mass is 305 g/mol. The van der Waals surface area contributed by atoms with Crippen molar-refractivity contribution in [3.05, 3.63) is 59.7 Å². The molecule has 0 aromatic heterocycles. The molecule has 3 N–H and O–H groups in total. The van der Waals surface area contributed by atoms with Gasteiger partial charge in [-0.2, -0.15) is 0 Å². The fourth-order valence-corrected chi connectivity index (χ4v) is 1.81. The molecule has 0 fully saturated rings. The van der Waals surface area contributed by atoms with E-state index in [4.69, 9.17) is 10.5 Å². The predicted molar refractivity (Wildman–Crippen MR) is 83.1 cm³/mol. The molecule has 0 radical (unpaired) electrons. The van der Waals surface area contributed by atoms with Gasteiger partial charge >= 0.3 is 0 Å². The summed E-state index contributed by atoms with van der Waals surface area (Å²) in [5.41, 5.74) is 7.71. The molecule has 0 unspecified atom stereocenters. The van der Waals surface area contributed by atoms with Crippen LogP contribution in [0.25, 0.3) is 0 Å². The van der Waals surface area contributed by atoms with Gasteiger partial charge in [0.05, 0.1) is 6.54 Å². The van der Waals surface area contributed by atoms with Crippen molar-refractivity contribution in [1.29, 1.82) is 0 Å². The van der Waals surface area contributed by atoms with Crippen molar-refractivity contribution in [2.45, 2.75) is 6.92 Å². The molecule has 6 heteroatoms. The van der Waals surface area contributed by atoms with Gasteiger partial charge in [0.1, 0.15) is 12.4 Å². The maximum absolute atomic E-state index is 13.0. The van der Waals surface area contributed by atoms with Crippen molar-refractivity contribution >= 4 is 11.6 Å². The van der Waals surface area contributed by atoms with Crippen LogP contribution < -0.4 is 15.8 Å². The van der Waals surface area contributed by atoms with Crippen molar-refractivity contribution in [3.63, 3.8) is 0 Å². The van der Waals surface area contributed by atoms with Crippen molar-refractivity contribution in [2.75, 3.05) is 18.5 Å². The lowest BCUT2D eigenvalue weighted by Gasteiger charge is -2.07. The lowest BCUT2D eigenvalue weighted by Crippen LogP contribution is -2.23. The quantitative estimate of drug-likeness (QED) is 0.507. The largest absolute Gasteiger partial charge is 0.492 e. The van der Waals surface area contributed by atoms with Gasteiger partial charge in [0.15, 0.2) is 17.6 Å². The summed E-state index contributed by atoms with van der Waals surface area (Å²) < 4.78 is 31.0. The number of nitrogens with two attached hydrogens (primary N) is 1. The van der Waals surface area contributed by atoms with Gasteiger partial charge in [-0.05, 0) is 36.8 Å². The molecule has 116 valence electrons. The molecule has 0 bridgehead atoms. The average molecular weight is 305 g/mol. The van der Waals surface area contributed by atoms with Gasteiger partial charge in [0.25, 0.3) is 0 Å². The van der Waals surface area contributed by atoms with Crippen LogP contribution in [-0.4, -0.2) is 19.1 Å². The molecule has 2 aromatic carbocycles. The lowest BCUT2D eigenvalue weighted by molar-refractivity contribution is 0.325. The van der Waals surface area contributed by atoms with Crippen LogP contribution in [-0.2, 0) is 0 Å². The molecule has 22 heavy (non-hydrogen) atoms. The summed E-state index contributed by atoms with van der Waals surface area (Å²) >= 11 is 0. The van der Waals surface area contributed by atoms with E-state index in [9.17, 15) is 8.78 Å². The molecule has 0 aliphatic carbocycles. The second-order valence-corrected chi connectivity index (χ2v) is 4.69. The summed E-state index contributed by atoms with van der Waals surface area (Å²) in [5.74, 6) is -1.34. The molecule has 2 aromatic rings. The first-order valence-electron chi connectivity index (χ1n) is 6.76. The van der Waals surface area contributed by atoms with Gasteiger partial charge in [0, 0.05) is 11.8 Å². The van der Waals surface area contributed by atoms with Crippen molar-refractivity contribution in [3.8, 4) is 5.75 Å². The summed E-state index contributed by atoms with van der Waals surface area (Å²) in [6.07, 6.45) is 0. The molecule has 0 aliphatic rings. The van der Waals surface area contributed by atoms with E-state index in [1.54, 1.807) is 0 Å². The standard InChI is InChI=1S/C16H17F2N3O/c1-11-3-2-4-12(9-11)21-16(19)20-7-8-22-13-5-6-14(17)15(18)10-13/h2-6,9-10H,7-8H2,1H3,(H3,19,20,21). The van der Waals surface area contributed by atoms with E-state index in [-0.39, 0.29) is 18.3 Å². The van der Waals surface area contributed by atoms with Crippen LogP contribution in [0.3, 0.4) is 0 Å². The Hall–Kier alpha value is -2.63. The highest BCUT2D eigenvalue weighted by molar-refractivity contribution is 5.92. The fourth-order valence-electron chi connectivity index (χ4n) is 1.81. The van der Waals surface area contributed by atoms with Crippen LogP contribution >= 0.6 is 0 Å². The van der Waals surface area contributed by atoms with Gasteiger partial charge < -0.3 is 15.8 Å². The maximum atomic E-state index is 13.0. The molecule has 0 saturated carbocycles. The van der Waals surface area contributed by atoms with Gasteiger partial charge in [-0.15, -0.1) is 0 Å². The summed E-state index contributed by atoms with van der Waals surface area (Å²) in [6, 6.07) is 11.1. The summed E-state index contributed by atoms with van der Waals surface area (Å²) in [5, 5.41) is 2.96. The number of ether oxygens (including phenoxy) is 1. The van der Waals surface area contributed by atoms with Crippen molar-refractivity contribution in [1.82, 2.24) is 0 Å². The first-order valence-corrected chi connectivity index (χ1v) is 6.76. The molecule has 0 amide bonds. The first kappa shape index (κ1) is 15.8. The number of nitrogens with one attached hydrogen (secondary N) is 1. The zero-order valence-corrected chi connectivity index (χ0v) is 12.1. The van der Waals surface area contributed by atoms with E-state index in [0.29, 0.717) is 6.54 Å². The van der Waals surface area contributed by atoms with Crippen LogP contribution in [0.5, 0.6) is 5.75 Å². The zero-order chi connectivity index (χ0) is 15.9. The lowest BCUT2D eigenvalue weighted by atomic mass is 10.2. The molecular formula is C16H17F2N3O. The van der Waals surface area contributed by atoms with Gasteiger partial charge in [-0.3, -0.25) is 0 Å². The summed E-state index contributed by atoms with van der Waals surface area (Å²) in [4.78, 5) is 4.09.